The predicted octanol–water partition coefficient (Wildman–Crippen LogP) is 1.53. The van der Waals surface area contributed by atoms with Gasteiger partial charge in [0.1, 0.15) is 11.5 Å². The second-order valence-corrected chi connectivity index (χ2v) is 3.63. The fourth-order valence-electron chi connectivity index (χ4n) is 1.56. The molecule has 0 bridgehead atoms. The van der Waals surface area contributed by atoms with Crippen molar-refractivity contribution in [1.82, 2.24) is 10.2 Å². The van der Waals surface area contributed by atoms with Crippen LogP contribution in [0.2, 0.25) is 0 Å². The summed E-state index contributed by atoms with van der Waals surface area (Å²) in [5, 5.41) is 15.2. The third kappa shape index (κ3) is 2.31. The molecule has 2 N–H and O–H groups in total. The van der Waals surface area contributed by atoms with Gasteiger partial charge in [0.15, 0.2) is 0 Å². The number of carboxylic acid groups (broad SMARTS) is 1. The maximum atomic E-state index is 10.6. The highest BCUT2D eigenvalue weighted by molar-refractivity contribution is 5.70. The molecule has 0 amide bonds. The smallest absolute Gasteiger partial charge is 0.309 e. The molecule has 2 aromatic rings. The Labute approximate surface area is 92.1 Å². The van der Waals surface area contributed by atoms with Crippen LogP contribution >= 0.6 is 0 Å². The van der Waals surface area contributed by atoms with Crippen LogP contribution < -0.4 is 0 Å². The van der Waals surface area contributed by atoms with Gasteiger partial charge in [0.25, 0.3) is 0 Å². The van der Waals surface area contributed by atoms with E-state index in [1.165, 1.54) is 0 Å². The van der Waals surface area contributed by atoms with Crippen molar-refractivity contribution in [2.75, 3.05) is 0 Å². The molecule has 5 heteroatoms. The molecule has 0 saturated heterocycles. The molecule has 0 unspecified atom stereocenters. The van der Waals surface area contributed by atoms with Gasteiger partial charge in [-0.05, 0) is 19.1 Å². The summed E-state index contributed by atoms with van der Waals surface area (Å²) in [5.74, 6) is 0.782. The van der Waals surface area contributed by atoms with Crippen LogP contribution in [-0.4, -0.2) is 21.3 Å². The summed E-state index contributed by atoms with van der Waals surface area (Å²) < 4.78 is 5.43. The Kier molecular flexibility index (Phi) is 2.76. The summed E-state index contributed by atoms with van der Waals surface area (Å²) >= 11 is 0. The second kappa shape index (κ2) is 4.22. The number of aryl methyl sites for hydroxylation is 1. The van der Waals surface area contributed by atoms with E-state index in [0.29, 0.717) is 12.1 Å². The van der Waals surface area contributed by atoms with Gasteiger partial charge in [0.05, 0.1) is 12.6 Å². The lowest BCUT2D eigenvalue weighted by molar-refractivity contribution is -0.136. The van der Waals surface area contributed by atoms with Crippen LogP contribution in [0.4, 0.5) is 0 Å². The highest BCUT2D eigenvalue weighted by atomic mass is 16.4. The molecule has 0 fully saturated rings. The monoisotopic (exact) mass is 220 g/mol. The number of carbonyl (C=O) groups is 1. The number of hydrogen-bond donors (Lipinski definition) is 2. The van der Waals surface area contributed by atoms with Crippen LogP contribution in [0.3, 0.4) is 0 Å². The first-order chi connectivity index (χ1) is 7.65. The molecule has 2 rings (SSSR count). The number of nitrogens with one attached hydrogen (secondary N) is 1. The van der Waals surface area contributed by atoms with Crippen LogP contribution in [-0.2, 0) is 17.6 Å². The summed E-state index contributed by atoms with van der Waals surface area (Å²) in [5.41, 5.74) is 1.48. The number of aromatic amines is 1. The molecule has 84 valence electrons. The first-order valence-electron chi connectivity index (χ1n) is 4.93. The Bertz CT molecular complexity index is 499. The summed E-state index contributed by atoms with van der Waals surface area (Å²) in [6.07, 6.45) is 2.15. The molecular weight excluding hydrogens is 208 g/mol. The normalized spacial score (nSPS) is 10.6. The SMILES string of the molecule is Cc1ccc(Cc2cn[nH]c2CC(=O)O)o1. The van der Waals surface area contributed by atoms with Crippen molar-refractivity contribution in [2.24, 2.45) is 0 Å². The number of rotatable bonds is 4. The fourth-order valence-corrected chi connectivity index (χ4v) is 1.56. The van der Waals surface area contributed by atoms with Gasteiger partial charge in [-0.1, -0.05) is 0 Å². The highest BCUT2D eigenvalue weighted by Crippen LogP contribution is 2.15. The van der Waals surface area contributed by atoms with Crippen molar-refractivity contribution >= 4 is 5.97 Å². The minimum Gasteiger partial charge on any atom is -0.481 e. The fraction of sp³-hybridized carbons (Fsp3) is 0.273. The topological polar surface area (TPSA) is 79.1 Å². The lowest BCUT2D eigenvalue weighted by atomic mass is 10.1. The van der Waals surface area contributed by atoms with E-state index >= 15 is 0 Å². The number of H-pyrrole nitrogens is 1. The van der Waals surface area contributed by atoms with E-state index < -0.39 is 5.97 Å². The Balaban J connectivity index is 2.15. The van der Waals surface area contributed by atoms with Crippen LogP contribution in [0.15, 0.2) is 22.7 Å². The molecule has 16 heavy (non-hydrogen) atoms. The van der Waals surface area contributed by atoms with E-state index in [9.17, 15) is 4.79 Å². The molecule has 2 aromatic heterocycles. The van der Waals surface area contributed by atoms with Gasteiger partial charge in [-0.2, -0.15) is 5.10 Å². The van der Waals surface area contributed by atoms with E-state index in [-0.39, 0.29) is 6.42 Å². The van der Waals surface area contributed by atoms with Crippen LogP contribution in [0.1, 0.15) is 22.8 Å². The average molecular weight is 220 g/mol. The summed E-state index contributed by atoms with van der Waals surface area (Å²) in [6.45, 7) is 1.87. The number of furan rings is 1. The van der Waals surface area contributed by atoms with Gasteiger partial charge in [0, 0.05) is 17.7 Å². The van der Waals surface area contributed by atoms with Crippen LogP contribution in [0.5, 0.6) is 0 Å². The van der Waals surface area contributed by atoms with Gasteiger partial charge < -0.3 is 9.52 Å². The predicted molar refractivity (Wildman–Crippen MR) is 56.2 cm³/mol. The Morgan fingerprint density at radius 2 is 2.38 bits per heavy atom. The highest BCUT2D eigenvalue weighted by Gasteiger charge is 2.11. The third-order valence-corrected chi connectivity index (χ3v) is 2.30. The van der Waals surface area contributed by atoms with Gasteiger partial charge in [-0.15, -0.1) is 0 Å². The first-order valence-corrected chi connectivity index (χ1v) is 4.93. The zero-order chi connectivity index (χ0) is 11.5. The number of nitrogens with zero attached hydrogens (tertiary/aromatic N) is 1. The average Bonchev–Trinajstić information content (AvgIpc) is 2.77. The van der Waals surface area contributed by atoms with Crippen molar-refractivity contribution in [1.29, 1.82) is 0 Å². The molecule has 0 spiro atoms. The van der Waals surface area contributed by atoms with Gasteiger partial charge in [-0.25, -0.2) is 0 Å². The molecule has 0 aliphatic carbocycles. The molecule has 0 aliphatic heterocycles. The summed E-state index contributed by atoms with van der Waals surface area (Å²) in [6, 6.07) is 3.76. The van der Waals surface area contributed by atoms with E-state index in [1.54, 1.807) is 6.20 Å². The van der Waals surface area contributed by atoms with Gasteiger partial charge in [-0.3, -0.25) is 9.89 Å². The number of aliphatic carboxylic acids is 1. The van der Waals surface area contributed by atoms with E-state index in [4.69, 9.17) is 9.52 Å². The quantitative estimate of drug-likeness (QED) is 0.818. The molecule has 5 nitrogen and oxygen atoms in total. The number of hydrogen-bond acceptors (Lipinski definition) is 3. The number of aromatic nitrogens is 2. The van der Waals surface area contributed by atoms with E-state index in [1.807, 2.05) is 19.1 Å². The lowest BCUT2D eigenvalue weighted by Gasteiger charge is -1.98. The molecule has 0 saturated carbocycles. The van der Waals surface area contributed by atoms with Crippen molar-refractivity contribution in [3.8, 4) is 0 Å². The molecule has 2 heterocycles. The Morgan fingerprint density at radius 1 is 1.56 bits per heavy atom. The van der Waals surface area contributed by atoms with Crippen molar-refractivity contribution < 1.29 is 14.3 Å². The van der Waals surface area contributed by atoms with Crippen LogP contribution in [0.25, 0.3) is 0 Å². The zero-order valence-electron chi connectivity index (χ0n) is 8.86. The Morgan fingerprint density at radius 3 is 3.00 bits per heavy atom. The maximum Gasteiger partial charge on any atom is 0.309 e. The zero-order valence-corrected chi connectivity index (χ0v) is 8.86. The summed E-state index contributed by atoms with van der Waals surface area (Å²) in [7, 11) is 0. The second-order valence-electron chi connectivity index (χ2n) is 3.63. The van der Waals surface area contributed by atoms with Gasteiger partial charge >= 0.3 is 5.97 Å². The van der Waals surface area contributed by atoms with Crippen LogP contribution in [0, 0.1) is 6.92 Å². The molecule has 0 aliphatic rings. The van der Waals surface area contributed by atoms with Crippen molar-refractivity contribution in [2.45, 2.75) is 19.8 Å². The standard InChI is InChI=1S/C11H12N2O3/c1-7-2-3-9(16-7)4-8-6-12-13-10(8)5-11(14)15/h2-3,6H,4-5H2,1H3,(H,12,13)(H,14,15). The third-order valence-electron chi connectivity index (χ3n) is 2.30. The van der Waals surface area contributed by atoms with Crippen molar-refractivity contribution in [3.63, 3.8) is 0 Å². The first kappa shape index (κ1) is 10.5. The Hall–Kier alpha value is -2.04. The minimum absolute atomic E-state index is 0.0466. The van der Waals surface area contributed by atoms with E-state index in [2.05, 4.69) is 10.2 Å². The maximum absolute atomic E-state index is 10.6. The summed E-state index contributed by atoms with van der Waals surface area (Å²) in [4.78, 5) is 10.6. The van der Waals surface area contributed by atoms with Gasteiger partial charge in [0.2, 0.25) is 0 Å². The molecule has 0 aromatic carbocycles. The largest absolute Gasteiger partial charge is 0.481 e. The lowest BCUT2D eigenvalue weighted by Crippen LogP contribution is -2.03. The molecule has 0 atom stereocenters. The molecular formula is C11H12N2O3. The number of carboxylic acids is 1. The minimum atomic E-state index is -0.874. The van der Waals surface area contributed by atoms with E-state index in [0.717, 1.165) is 17.1 Å². The van der Waals surface area contributed by atoms with Crippen molar-refractivity contribution in [3.05, 3.63) is 41.1 Å². The molecule has 0 radical (unpaired) electrons.